The molecule has 0 atom stereocenters. The predicted octanol–water partition coefficient (Wildman–Crippen LogP) is 1.99. The van der Waals surface area contributed by atoms with Gasteiger partial charge in [-0.15, -0.1) is 0 Å². The molecule has 1 heterocycles. The first-order valence-electron chi connectivity index (χ1n) is 5.76. The van der Waals surface area contributed by atoms with Gasteiger partial charge in [-0.2, -0.15) is 0 Å². The fourth-order valence-corrected chi connectivity index (χ4v) is 1.53. The van der Waals surface area contributed by atoms with Crippen molar-refractivity contribution in [3.05, 3.63) is 28.2 Å². The van der Waals surface area contributed by atoms with Crippen LogP contribution in [0.2, 0.25) is 0 Å². The summed E-state index contributed by atoms with van der Waals surface area (Å²) in [5.74, 6) is -0.947. The van der Waals surface area contributed by atoms with Crippen LogP contribution in [0.4, 0.5) is 0 Å². The van der Waals surface area contributed by atoms with Crippen molar-refractivity contribution in [2.75, 3.05) is 7.11 Å². The standard InChI is InChI=1S/C13H19NO4/c1-13(2,3)5-6-14-8-11(18-4)10(15)7-9(14)12(16)17/h7-8H,5-6H2,1-4H3,(H,16,17). The molecule has 5 nitrogen and oxygen atoms in total. The Balaban J connectivity index is 3.14. The molecule has 100 valence electrons. The molecule has 0 amide bonds. The Kier molecular flexibility index (Phi) is 4.16. The van der Waals surface area contributed by atoms with E-state index in [-0.39, 0.29) is 16.9 Å². The number of carboxylic acids is 1. The van der Waals surface area contributed by atoms with Crippen LogP contribution in [0.15, 0.2) is 17.1 Å². The van der Waals surface area contributed by atoms with E-state index in [2.05, 4.69) is 20.8 Å². The van der Waals surface area contributed by atoms with Gasteiger partial charge in [0.25, 0.3) is 0 Å². The van der Waals surface area contributed by atoms with E-state index in [4.69, 9.17) is 9.84 Å². The van der Waals surface area contributed by atoms with Crippen molar-refractivity contribution in [1.29, 1.82) is 0 Å². The number of hydrogen-bond donors (Lipinski definition) is 1. The summed E-state index contributed by atoms with van der Waals surface area (Å²) in [6.07, 6.45) is 2.26. The minimum Gasteiger partial charge on any atom is -0.491 e. The predicted molar refractivity (Wildman–Crippen MR) is 68.3 cm³/mol. The van der Waals surface area contributed by atoms with Gasteiger partial charge in [-0.3, -0.25) is 4.79 Å². The molecule has 1 aromatic rings. The number of carbonyl (C=O) groups is 1. The minimum atomic E-state index is -1.11. The first-order chi connectivity index (χ1) is 8.24. The van der Waals surface area contributed by atoms with E-state index < -0.39 is 11.4 Å². The number of aryl methyl sites for hydroxylation is 1. The summed E-state index contributed by atoms with van der Waals surface area (Å²) < 4.78 is 6.48. The van der Waals surface area contributed by atoms with Crippen molar-refractivity contribution in [2.45, 2.75) is 33.7 Å². The molecule has 0 aliphatic heterocycles. The number of aromatic nitrogens is 1. The van der Waals surface area contributed by atoms with Crippen molar-refractivity contribution in [3.8, 4) is 5.75 Å². The number of ether oxygens (including phenoxy) is 1. The smallest absolute Gasteiger partial charge is 0.352 e. The van der Waals surface area contributed by atoms with Gasteiger partial charge in [-0.05, 0) is 11.8 Å². The van der Waals surface area contributed by atoms with E-state index in [1.165, 1.54) is 13.3 Å². The number of rotatable bonds is 4. The maximum atomic E-state index is 11.5. The molecule has 0 fully saturated rings. The van der Waals surface area contributed by atoms with E-state index in [9.17, 15) is 9.59 Å². The average Bonchev–Trinajstić information content (AvgIpc) is 2.25. The summed E-state index contributed by atoms with van der Waals surface area (Å²) >= 11 is 0. The number of aromatic carboxylic acids is 1. The lowest BCUT2D eigenvalue weighted by molar-refractivity contribution is 0.0682. The first-order valence-corrected chi connectivity index (χ1v) is 5.76. The molecule has 0 aliphatic carbocycles. The van der Waals surface area contributed by atoms with Gasteiger partial charge in [0.15, 0.2) is 5.75 Å². The topological polar surface area (TPSA) is 68.5 Å². The monoisotopic (exact) mass is 253 g/mol. The summed E-state index contributed by atoms with van der Waals surface area (Å²) in [4.78, 5) is 22.6. The largest absolute Gasteiger partial charge is 0.491 e. The van der Waals surface area contributed by atoms with Crippen molar-refractivity contribution in [1.82, 2.24) is 4.57 Å². The highest BCUT2D eigenvalue weighted by atomic mass is 16.5. The van der Waals surface area contributed by atoms with Crippen LogP contribution in [-0.4, -0.2) is 22.8 Å². The van der Waals surface area contributed by atoms with Crippen LogP contribution in [-0.2, 0) is 6.54 Å². The molecule has 0 spiro atoms. The Morgan fingerprint density at radius 1 is 1.44 bits per heavy atom. The Morgan fingerprint density at radius 2 is 2.06 bits per heavy atom. The van der Waals surface area contributed by atoms with Crippen molar-refractivity contribution in [3.63, 3.8) is 0 Å². The summed E-state index contributed by atoms with van der Waals surface area (Å²) in [7, 11) is 1.39. The first kappa shape index (κ1) is 14.3. The van der Waals surface area contributed by atoms with Crippen molar-refractivity contribution in [2.24, 2.45) is 5.41 Å². The Hall–Kier alpha value is -1.78. The molecule has 0 saturated heterocycles. The summed E-state index contributed by atoms with van der Waals surface area (Å²) in [6, 6.07) is 1.10. The fourth-order valence-electron chi connectivity index (χ4n) is 1.53. The molecule has 0 bridgehead atoms. The zero-order chi connectivity index (χ0) is 13.9. The van der Waals surface area contributed by atoms with Crippen LogP contribution in [0, 0.1) is 5.41 Å². The maximum absolute atomic E-state index is 11.5. The third-order valence-corrected chi connectivity index (χ3v) is 2.63. The Morgan fingerprint density at radius 3 is 2.50 bits per heavy atom. The lowest BCUT2D eigenvalue weighted by atomic mass is 9.92. The number of nitrogens with zero attached hydrogens (tertiary/aromatic N) is 1. The van der Waals surface area contributed by atoms with Crippen LogP contribution in [0.5, 0.6) is 5.75 Å². The molecular weight excluding hydrogens is 234 g/mol. The molecule has 5 heteroatoms. The van der Waals surface area contributed by atoms with Gasteiger partial charge in [0.1, 0.15) is 5.69 Å². The van der Waals surface area contributed by atoms with Gasteiger partial charge in [-0.1, -0.05) is 20.8 Å². The second-order valence-electron chi connectivity index (χ2n) is 5.40. The molecule has 18 heavy (non-hydrogen) atoms. The quantitative estimate of drug-likeness (QED) is 0.891. The SMILES string of the molecule is COc1cn(CCC(C)(C)C)c(C(=O)O)cc1=O. The van der Waals surface area contributed by atoms with E-state index in [1.807, 2.05) is 0 Å². The normalized spacial score (nSPS) is 11.3. The van der Waals surface area contributed by atoms with Crippen LogP contribution in [0.1, 0.15) is 37.7 Å². The van der Waals surface area contributed by atoms with Gasteiger partial charge in [0.05, 0.1) is 13.3 Å². The van der Waals surface area contributed by atoms with Crippen LogP contribution >= 0.6 is 0 Å². The van der Waals surface area contributed by atoms with Gasteiger partial charge in [-0.25, -0.2) is 4.79 Å². The summed E-state index contributed by atoms with van der Waals surface area (Å²) in [5, 5.41) is 9.08. The van der Waals surface area contributed by atoms with E-state index in [0.29, 0.717) is 6.54 Å². The molecule has 1 rings (SSSR count). The molecule has 1 aromatic heterocycles. The number of carboxylic acid groups (broad SMARTS) is 1. The van der Waals surface area contributed by atoms with Crippen LogP contribution in [0.3, 0.4) is 0 Å². The van der Waals surface area contributed by atoms with E-state index in [0.717, 1.165) is 12.5 Å². The molecule has 0 aliphatic rings. The zero-order valence-corrected chi connectivity index (χ0v) is 11.2. The van der Waals surface area contributed by atoms with Gasteiger partial charge >= 0.3 is 5.97 Å². The highest BCUT2D eigenvalue weighted by molar-refractivity contribution is 5.85. The van der Waals surface area contributed by atoms with Crippen molar-refractivity contribution >= 4 is 5.97 Å². The lowest BCUT2D eigenvalue weighted by Gasteiger charge is -2.20. The zero-order valence-electron chi connectivity index (χ0n) is 11.2. The molecule has 0 radical (unpaired) electrons. The highest BCUT2D eigenvalue weighted by Crippen LogP contribution is 2.20. The van der Waals surface area contributed by atoms with E-state index >= 15 is 0 Å². The molecular formula is C13H19NO4. The molecule has 0 saturated carbocycles. The molecule has 0 aromatic carbocycles. The van der Waals surface area contributed by atoms with Gasteiger partial charge < -0.3 is 14.4 Å². The second kappa shape index (κ2) is 5.25. The fraction of sp³-hybridized carbons (Fsp3) is 0.538. The van der Waals surface area contributed by atoms with Gasteiger partial charge in [0.2, 0.25) is 5.43 Å². The number of hydrogen-bond acceptors (Lipinski definition) is 3. The van der Waals surface area contributed by atoms with Crippen LogP contribution in [0.25, 0.3) is 0 Å². The summed E-state index contributed by atoms with van der Waals surface area (Å²) in [5.41, 5.74) is -0.335. The number of pyridine rings is 1. The minimum absolute atomic E-state index is 0.00921. The van der Waals surface area contributed by atoms with Gasteiger partial charge in [0, 0.05) is 12.6 Å². The summed E-state index contributed by atoms with van der Waals surface area (Å²) in [6.45, 7) is 6.76. The second-order valence-corrected chi connectivity index (χ2v) is 5.40. The van der Waals surface area contributed by atoms with Crippen molar-refractivity contribution < 1.29 is 14.6 Å². The third kappa shape index (κ3) is 3.61. The Labute approximate surface area is 106 Å². The number of methoxy groups -OCH3 is 1. The highest BCUT2D eigenvalue weighted by Gasteiger charge is 2.15. The molecule has 0 unspecified atom stereocenters. The lowest BCUT2D eigenvalue weighted by Crippen LogP contribution is -2.20. The van der Waals surface area contributed by atoms with Crippen LogP contribution < -0.4 is 10.2 Å². The maximum Gasteiger partial charge on any atom is 0.352 e. The molecule has 1 N–H and O–H groups in total. The van der Waals surface area contributed by atoms with E-state index in [1.54, 1.807) is 4.57 Å². The average molecular weight is 253 g/mol. The third-order valence-electron chi connectivity index (χ3n) is 2.63. The Bertz CT molecular complexity index is 497.